The summed E-state index contributed by atoms with van der Waals surface area (Å²) in [4.78, 5) is 4.15. The molecule has 0 saturated carbocycles. The second kappa shape index (κ2) is 6.41. The molecule has 0 saturated heterocycles. The standard InChI is InChI=1S/C15H19BrN2O2/c1-10(2)18-9-17-7-13(18)8-20-15-5-4-12(16)6-14(15)11(3)19/h4-7,9-11,19H,8H2,1-3H3. The lowest BCUT2D eigenvalue weighted by Crippen LogP contribution is -2.08. The quantitative estimate of drug-likeness (QED) is 0.900. The van der Waals surface area contributed by atoms with Gasteiger partial charge in [0.15, 0.2) is 0 Å². The van der Waals surface area contributed by atoms with Crippen molar-refractivity contribution >= 4 is 15.9 Å². The van der Waals surface area contributed by atoms with Gasteiger partial charge in [-0.05, 0) is 39.0 Å². The third-order valence-corrected chi connectivity index (χ3v) is 3.59. The van der Waals surface area contributed by atoms with Crippen LogP contribution in [0.15, 0.2) is 35.2 Å². The smallest absolute Gasteiger partial charge is 0.130 e. The van der Waals surface area contributed by atoms with Gasteiger partial charge in [0.1, 0.15) is 12.4 Å². The van der Waals surface area contributed by atoms with E-state index < -0.39 is 6.10 Å². The SMILES string of the molecule is CC(O)c1cc(Br)ccc1OCc1cncn1C(C)C. The highest BCUT2D eigenvalue weighted by molar-refractivity contribution is 9.10. The highest BCUT2D eigenvalue weighted by Crippen LogP contribution is 2.29. The Hall–Kier alpha value is -1.33. The van der Waals surface area contributed by atoms with Crippen molar-refractivity contribution in [2.45, 2.75) is 39.5 Å². The van der Waals surface area contributed by atoms with Crippen LogP contribution in [0.2, 0.25) is 0 Å². The van der Waals surface area contributed by atoms with E-state index in [1.54, 1.807) is 19.4 Å². The zero-order valence-electron chi connectivity index (χ0n) is 11.9. The van der Waals surface area contributed by atoms with Crippen LogP contribution in [0, 0.1) is 0 Å². The molecule has 0 spiro atoms. The first-order valence-electron chi connectivity index (χ1n) is 6.60. The molecule has 1 N–H and O–H groups in total. The predicted molar refractivity (Wildman–Crippen MR) is 81.7 cm³/mol. The molecule has 108 valence electrons. The lowest BCUT2D eigenvalue weighted by atomic mass is 10.1. The van der Waals surface area contributed by atoms with E-state index in [0.29, 0.717) is 18.4 Å². The summed E-state index contributed by atoms with van der Waals surface area (Å²) in [5.41, 5.74) is 1.79. The first-order valence-corrected chi connectivity index (χ1v) is 7.39. The summed E-state index contributed by atoms with van der Waals surface area (Å²) >= 11 is 3.40. The first-order chi connectivity index (χ1) is 9.49. The number of benzene rings is 1. The molecule has 1 unspecified atom stereocenters. The highest BCUT2D eigenvalue weighted by Gasteiger charge is 2.12. The number of imidazole rings is 1. The van der Waals surface area contributed by atoms with Gasteiger partial charge in [-0.25, -0.2) is 4.98 Å². The van der Waals surface area contributed by atoms with E-state index in [2.05, 4.69) is 39.3 Å². The van der Waals surface area contributed by atoms with Crippen molar-refractivity contribution in [2.75, 3.05) is 0 Å². The number of aliphatic hydroxyl groups is 1. The fraction of sp³-hybridized carbons (Fsp3) is 0.400. The molecule has 1 atom stereocenters. The Labute approximate surface area is 127 Å². The molecule has 0 radical (unpaired) electrons. The average Bonchev–Trinajstić information content (AvgIpc) is 2.85. The summed E-state index contributed by atoms with van der Waals surface area (Å²) in [5.74, 6) is 0.694. The Morgan fingerprint density at radius 1 is 1.35 bits per heavy atom. The molecule has 1 aromatic heterocycles. The number of rotatable bonds is 5. The van der Waals surface area contributed by atoms with Crippen LogP contribution in [0.3, 0.4) is 0 Å². The number of ether oxygens (including phenoxy) is 1. The minimum Gasteiger partial charge on any atom is -0.487 e. The lowest BCUT2D eigenvalue weighted by Gasteiger charge is -2.16. The van der Waals surface area contributed by atoms with Crippen molar-refractivity contribution in [3.8, 4) is 5.75 Å². The third-order valence-electron chi connectivity index (χ3n) is 3.10. The highest BCUT2D eigenvalue weighted by atomic mass is 79.9. The molecular formula is C15H19BrN2O2. The molecule has 0 bridgehead atoms. The van der Waals surface area contributed by atoms with Crippen LogP contribution in [0.5, 0.6) is 5.75 Å². The van der Waals surface area contributed by atoms with Crippen molar-refractivity contribution < 1.29 is 9.84 Å². The number of aromatic nitrogens is 2. The van der Waals surface area contributed by atoms with E-state index in [1.807, 2.05) is 18.2 Å². The van der Waals surface area contributed by atoms with Gasteiger partial charge in [0.2, 0.25) is 0 Å². The van der Waals surface area contributed by atoms with E-state index >= 15 is 0 Å². The maximum atomic E-state index is 9.81. The number of hydrogen-bond acceptors (Lipinski definition) is 3. The monoisotopic (exact) mass is 338 g/mol. The predicted octanol–water partition coefficient (Wildman–Crippen LogP) is 3.86. The normalized spacial score (nSPS) is 12.7. The summed E-state index contributed by atoms with van der Waals surface area (Å²) in [7, 11) is 0. The first kappa shape index (κ1) is 15.1. The molecule has 0 aliphatic carbocycles. The molecule has 0 fully saturated rings. The van der Waals surface area contributed by atoms with Crippen LogP contribution in [0.25, 0.3) is 0 Å². The summed E-state index contributed by atoms with van der Waals surface area (Å²) in [6.07, 6.45) is 3.04. The van der Waals surface area contributed by atoms with Gasteiger partial charge in [-0.3, -0.25) is 0 Å². The molecule has 4 nitrogen and oxygen atoms in total. The molecule has 5 heteroatoms. The van der Waals surface area contributed by atoms with Crippen molar-refractivity contribution in [3.05, 3.63) is 46.5 Å². The molecule has 20 heavy (non-hydrogen) atoms. The zero-order valence-corrected chi connectivity index (χ0v) is 13.5. The van der Waals surface area contributed by atoms with Gasteiger partial charge in [0.25, 0.3) is 0 Å². The van der Waals surface area contributed by atoms with Crippen LogP contribution >= 0.6 is 15.9 Å². The van der Waals surface area contributed by atoms with Crippen LogP contribution in [-0.4, -0.2) is 14.7 Å². The van der Waals surface area contributed by atoms with Crippen LogP contribution in [-0.2, 0) is 6.61 Å². The minimum atomic E-state index is -0.572. The number of aliphatic hydroxyl groups excluding tert-OH is 1. The summed E-state index contributed by atoms with van der Waals surface area (Å²) in [6.45, 7) is 6.37. The molecule has 1 aromatic carbocycles. The van der Waals surface area contributed by atoms with Gasteiger partial charge in [0.05, 0.1) is 24.3 Å². The van der Waals surface area contributed by atoms with Crippen molar-refractivity contribution in [1.29, 1.82) is 0 Å². The Morgan fingerprint density at radius 2 is 2.10 bits per heavy atom. The van der Waals surface area contributed by atoms with Gasteiger partial charge >= 0.3 is 0 Å². The second-order valence-corrected chi connectivity index (χ2v) is 5.95. The van der Waals surface area contributed by atoms with Crippen LogP contribution < -0.4 is 4.74 Å². The number of halogens is 1. The second-order valence-electron chi connectivity index (χ2n) is 5.03. The van der Waals surface area contributed by atoms with Crippen molar-refractivity contribution in [2.24, 2.45) is 0 Å². The minimum absolute atomic E-state index is 0.345. The van der Waals surface area contributed by atoms with Crippen molar-refractivity contribution in [1.82, 2.24) is 9.55 Å². The Morgan fingerprint density at radius 3 is 2.75 bits per heavy atom. The number of hydrogen-bond donors (Lipinski definition) is 1. The Kier molecular flexibility index (Phi) is 4.83. The largest absolute Gasteiger partial charge is 0.487 e. The number of nitrogens with zero attached hydrogens (tertiary/aromatic N) is 2. The Bertz CT molecular complexity index is 579. The van der Waals surface area contributed by atoms with E-state index in [1.165, 1.54) is 0 Å². The summed E-state index contributed by atoms with van der Waals surface area (Å²) in [6, 6.07) is 5.99. The van der Waals surface area contributed by atoms with Gasteiger partial charge in [-0.1, -0.05) is 15.9 Å². The van der Waals surface area contributed by atoms with Gasteiger partial charge < -0.3 is 14.4 Å². The van der Waals surface area contributed by atoms with Crippen molar-refractivity contribution in [3.63, 3.8) is 0 Å². The zero-order chi connectivity index (χ0) is 14.7. The topological polar surface area (TPSA) is 47.3 Å². The molecular weight excluding hydrogens is 320 g/mol. The molecule has 2 aromatic rings. The van der Waals surface area contributed by atoms with Gasteiger partial charge in [-0.15, -0.1) is 0 Å². The maximum Gasteiger partial charge on any atom is 0.130 e. The summed E-state index contributed by atoms with van der Waals surface area (Å²) < 4.78 is 8.84. The maximum absolute atomic E-state index is 9.81. The average molecular weight is 339 g/mol. The van der Waals surface area contributed by atoms with E-state index in [4.69, 9.17) is 4.74 Å². The lowest BCUT2D eigenvalue weighted by molar-refractivity contribution is 0.189. The molecule has 1 heterocycles. The van der Waals surface area contributed by atoms with E-state index in [-0.39, 0.29) is 0 Å². The van der Waals surface area contributed by atoms with Gasteiger partial charge in [0, 0.05) is 16.1 Å². The molecule has 2 rings (SSSR count). The van der Waals surface area contributed by atoms with Gasteiger partial charge in [-0.2, -0.15) is 0 Å². The van der Waals surface area contributed by atoms with E-state index in [0.717, 1.165) is 15.7 Å². The molecule has 0 amide bonds. The summed E-state index contributed by atoms with van der Waals surface area (Å²) in [5, 5.41) is 9.81. The van der Waals surface area contributed by atoms with Crippen LogP contribution in [0.1, 0.15) is 44.2 Å². The molecule has 0 aliphatic heterocycles. The Balaban J connectivity index is 2.17. The fourth-order valence-electron chi connectivity index (χ4n) is 2.04. The molecule has 0 aliphatic rings. The fourth-order valence-corrected chi connectivity index (χ4v) is 2.42. The third kappa shape index (κ3) is 3.41. The van der Waals surface area contributed by atoms with Crippen LogP contribution in [0.4, 0.5) is 0 Å². The van der Waals surface area contributed by atoms with E-state index in [9.17, 15) is 5.11 Å².